The lowest BCUT2D eigenvalue weighted by Crippen LogP contribution is -2.14. The van der Waals surface area contributed by atoms with E-state index in [-0.39, 0.29) is 37.2 Å². The minimum Gasteiger partial charge on any atom is -0.478 e. The van der Waals surface area contributed by atoms with E-state index in [1.807, 2.05) is 0 Å². The van der Waals surface area contributed by atoms with Gasteiger partial charge < -0.3 is 15.3 Å². The lowest BCUT2D eigenvalue weighted by atomic mass is 10.0. The molecule has 0 aliphatic heterocycles. The van der Waals surface area contributed by atoms with Crippen LogP contribution in [-0.4, -0.2) is 33.2 Å². The Balaban J connectivity index is -0.000000750. The summed E-state index contributed by atoms with van der Waals surface area (Å²) in [6, 6.07) is 3.26. The molecule has 0 spiro atoms. The fourth-order valence-corrected chi connectivity index (χ4v) is 1.14. The van der Waals surface area contributed by atoms with Crippen LogP contribution in [0, 0.1) is 0 Å². The molecule has 6 nitrogen and oxygen atoms in total. The van der Waals surface area contributed by atoms with E-state index < -0.39 is 34.6 Å². The van der Waals surface area contributed by atoms with Gasteiger partial charge in [0.25, 0.3) is 0 Å². The summed E-state index contributed by atoms with van der Waals surface area (Å²) in [5.41, 5.74) is -1.79. The minimum atomic E-state index is -1.58. The van der Waals surface area contributed by atoms with E-state index in [0.29, 0.717) is 0 Å². The van der Waals surface area contributed by atoms with Crippen LogP contribution in [0.5, 0.6) is 0 Å². The Morgan fingerprint density at radius 2 is 1.06 bits per heavy atom. The van der Waals surface area contributed by atoms with Crippen LogP contribution in [0.3, 0.4) is 0 Å². The predicted molar refractivity (Wildman–Crippen MR) is 69.1 cm³/mol. The van der Waals surface area contributed by atoms with E-state index in [9.17, 15) is 14.4 Å². The fraction of sp³-hybridized carbons (Fsp3) is 0. The first-order chi connectivity index (χ1) is 6.95. The average Bonchev–Trinajstić information content (AvgIpc) is 2.16. The van der Waals surface area contributed by atoms with Gasteiger partial charge in [-0.3, -0.25) is 0 Å². The smallest absolute Gasteiger partial charge is 0.337 e. The second kappa shape index (κ2) is 8.57. The first kappa shape index (κ1) is 21.8. The SMILES string of the molecule is Cl.Cl.Cl.O=C(O)c1cccc(C(=O)O)c1C(=O)O. The quantitative estimate of drug-likeness (QED) is 0.786. The molecule has 0 amide bonds. The maximum Gasteiger partial charge on any atom is 0.337 e. The Labute approximate surface area is 120 Å². The van der Waals surface area contributed by atoms with Crippen molar-refractivity contribution in [2.75, 3.05) is 0 Å². The van der Waals surface area contributed by atoms with Crippen LogP contribution in [-0.2, 0) is 0 Å². The summed E-state index contributed by atoms with van der Waals surface area (Å²) in [6.07, 6.45) is 0. The third-order valence-corrected chi connectivity index (χ3v) is 1.74. The number of halogens is 3. The molecule has 1 rings (SSSR count). The Bertz CT molecular complexity index is 427. The zero-order valence-corrected chi connectivity index (χ0v) is 11.0. The molecular formula is C9H9Cl3O6. The van der Waals surface area contributed by atoms with Gasteiger partial charge in [-0.25, -0.2) is 14.4 Å². The van der Waals surface area contributed by atoms with Crippen LogP contribution in [0.2, 0.25) is 0 Å². The molecule has 0 aromatic heterocycles. The van der Waals surface area contributed by atoms with Crippen LogP contribution in [0.25, 0.3) is 0 Å². The molecular weight excluding hydrogens is 310 g/mol. The molecule has 0 radical (unpaired) electrons. The molecule has 0 aliphatic carbocycles. The topological polar surface area (TPSA) is 112 Å². The van der Waals surface area contributed by atoms with Crippen molar-refractivity contribution in [3.63, 3.8) is 0 Å². The van der Waals surface area contributed by atoms with Crippen LogP contribution in [0.1, 0.15) is 31.1 Å². The molecule has 3 N–H and O–H groups in total. The number of carboxylic acid groups (broad SMARTS) is 3. The van der Waals surface area contributed by atoms with Crippen LogP contribution >= 0.6 is 37.2 Å². The van der Waals surface area contributed by atoms with Crippen molar-refractivity contribution in [3.8, 4) is 0 Å². The zero-order valence-electron chi connectivity index (χ0n) is 8.52. The fourth-order valence-electron chi connectivity index (χ4n) is 1.14. The summed E-state index contributed by atoms with van der Waals surface area (Å²) in [4.78, 5) is 32.0. The van der Waals surface area contributed by atoms with E-state index in [4.69, 9.17) is 15.3 Å². The van der Waals surface area contributed by atoms with Gasteiger partial charge in [0.1, 0.15) is 0 Å². The summed E-state index contributed by atoms with van der Waals surface area (Å²) in [7, 11) is 0. The molecule has 1 aromatic rings. The minimum absolute atomic E-state index is 0. The van der Waals surface area contributed by atoms with Crippen LogP contribution in [0.15, 0.2) is 18.2 Å². The third kappa shape index (κ3) is 4.40. The molecule has 102 valence electrons. The van der Waals surface area contributed by atoms with Crippen molar-refractivity contribution < 1.29 is 29.7 Å². The van der Waals surface area contributed by atoms with Crippen molar-refractivity contribution in [1.29, 1.82) is 0 Å². The summed E-state index contributed by atoms with van der Waals surface area (Å²) in [5, 5.41) is 26.0. The first-order valence-corrected chi connectivity index (χ1v) is 3.78. The van der Waals surface area contributed by atoms with Gasteiger partial charge in [0.15, 0.2) is 0 Å². The molecule has 0 atom stereocenters. The Morgan fingerprint density at radius 3 is 1.28 bits per heavy atom. The zero-order chi connectivity index (χ0) is 11.6. The van der Waals surface area contributed by atoms with E-state index in [1.165, 1.54) is 6.07 Å². The second-order valence-electron chi connectivity index (χ2n) is 2.64. The molecule has 0 bridgehead atoms. The molecule has 18 heavy (non-hydrogen) atoms. The van der Waals surface area contributed by atoms with Crippen molar-refractivity contribution >= 4 is 55.1 Å². The Morgan fingerprint density at radius 1 is 0.722 bits per heavy atom. The van der Waals surface area contributed by atoms with Crippen molar-refractivity contribution in [1.82, 2.24) is 0 Å². The van der Waals surface area contributed by atoms with Gasteiger partial charge in [-0.2, -0.15) is 0 Å². The molecule has 0 aliphatic rings. The number of aromatic carboxylic acids is 3. The highest BCUT2D eigenvalue weighted by molar-refractivity contribution is 6.09. The molecule has 0 saturated carbocycles. The van der Waals surface area contributed by atoms with E-state index in [2.05, 4.69) is 0 Å². The number of benzene rings is 1. The van der Waals surface area contributed by atoms with E-state index >= 15 is 0 Å². The molecule has 9 heteroatoms. The normalized spacial score (nSPS) is 8.00. The van der Waals surface area contributed by atoms with Gasteiger partial charge in [0.05, 0.1) is 16.7 Å². The summed E-state index contributed by atoms with van der Waals surface area (Å²) in [5.74, 6) is -4.53. The summed E-state index contributed by atoms with van der Waals surface area (Å²) >= 11 is 0. The monoisotopic (exact) mass is 318 g/mol. The molecule has 0 unspecified atom stereocenters. The third-order valence-electron chi connectivity index (χ3n) is 1.74. The molecule has 0 heterocycles. The van der Waals surface area contributed by atoms with Crippen molar-refractivity contribution in [2.45, 2.75) is 0 Å². The van der Waals surface area contributed by atoms with Crippen molar-refractivity contribution in [2.24, 2.45) is 0 Å². The number of carboxylic acids is 3. The van der Waals surface area contributed by atoms with Gasteiger partial charge in [0.2, 0.25) is 0 Å². The van der Waals surface area contributed by atoms with Gasteiger partial charge in [0, 0.05) is 0 Å². The van der Waals surface area contributed by atoms with Gasteiger partial charge in [-0.1, -0.05) is 6.07 Å². The molecule has 0 fully saturated rings. The molecule has 1 aromatic carbocycles. The lowest BCUT2D eigenvalue weighted by molar-refractivity contribution is 0.0633. The average molecular weight is 320 g/mol. The van der Waals surface area contributed by atoms with Crippen molar-refractivity contribution in [3.05, 3.63) is 34.9 Å². The maximum absolute atomic E-state index is 10.7. The second-order valence-corrected chi connectivity index (χ2v) is 2.64. The summed E-state index contributed by atoms with van der Waals surface area (Å²) < 4.78 is 0. The number of rotatable bonds is 3. The number of carbonyl (C=O) groups is 3. The summed E-state index contributed by atoms with van der Waals surface area (Å²) in [6.45, 7) is 0. The van der Waals surface area contributed by atoms with Gasteiger partial charge in [-0.15, -0.1) is 37.2 Å². The highest BCUT2D eigenvalue weighted by atomic mass is 35.5. The van der Waals surface area contributed by atoms with Crippen LogP contribution < -0.4 is 0 Å². The lowest BCUT2D eigenvalue weighted by Gasteiger charge is -2.04. The Kier molecular flexibility index (Phi) is 10.4. The molecule has 0 saturated heterocycles. The standard InChI is InChI=1S/C9H6O6.3ClH/c10-7(11)4-2-1-3-5(8(12)13)6(4)9(14)15;;;/h1-3H,(H,10,11)(H,12,13)(H,14,15);3*1H. The Hall–Kier alpha value is -1.50. The van der Waals surface area contributed by atoms with Gasteiger partial charge in [-0.05, 0) is 12.1 Å². The van der Waals surface area contributed by atoms with Crippen LogP contribution in [0.4, 0.5) is 0 Å². The highest BCUT2D eigenvalue weighted by Gasteiger charge is 2.22. The van der Waals surface area contributed by atoms with E-state index in [0.717, 1.165) is 12.1 Å². The number of hydrogen-bond donors (Lipinski definition) is 3. The predicted octanol–water partition coefficient (Wildman–Crippen LogP) is 2.05. The maximum atomic E-state index is 10.7. The van der Waals surface area contributed by atoms with E-state index in [1.54, 1.807) is 0 Å². The highest BCUT2D eigenvalue weighted by Crippen LogP contribution is 2.15. The largest absolute Gasteiger partial charge is 0.478 e. The number of hydrogen-bond acceptors (Lipinski definition) is 3. The van der Waals surface area contributed by atoms with Gasteiger partial charge >= 0.3 is 17.9 Å². The first-order valence-electron chi connectivity index (χ1n) is 3.78.